The van der Waals surface area contributed by atoms with E-state index in [2.05, 4.69) is 4.98 Å². The highest BCUT2D eigenvalue weighted by atomic mass is 32.2. The zero-order chi connectivity index (χ0) is 20.2. The van der Waals surface area contributed by atoms with Crippen molar-refractivity contribution in [3.63, 3.8) is 0 Å². The molecule has 1 saturated heterocycles. The molecule has 1 aliphatic rings. The normalized spacial score (nSPS) is 14.3. The van der Waals surface area contributed by atoms with Crippen molar-refractivity contribution in [3.8, 4) is 0 Å². The summed E-state index contributed by atoms with van der Waals surface area (Å²) in [5.74, 6) is -0.147. The number of carbonyl (C=O) groups excluding carboxylic acids is 1. The van der Waals surface area contributed by atoms with Crippen LogP contribution >= 0.6 is 11.8 Å². The van der Waals surface area contributed by atoms with E-state index in [4.69, 9.17) is 4.74 Å². The van der Waals surface area contributed by atoms with Gasteiger partial charge in [0.25, 0.3) is 5.56 Å². The predicted octanol–water partition coefficient (Wildman–Crippen LogP) is 2.53. The van der Waals surface area contributed by atoms with E-state index in [-0.39, 0.29) is 29.6 Å². The summed E-state index contributed by atoms with van der Waals surface area (Å²) in [7, 11) is 0. The number of hydrogen-bond donors (Lipinski definition) is 0. The molecule has 1 aliphatic heterocycles. The molecule has 4 rings (SSSR count). The maximum atomic E-state index is 13.2. The van der Waals surface area contributed by atoms with Crippen LogP contribution in [0.1, 0.15) is 5.56 Å². The van der Waals surface area contributed by atoms with Gasteiger partial charge in [-0.05, 0) is 29.8 Å². The second-order valence-corrected chi connectivity index (χ2v) is 7.65. The smallest absolute Gasteiger partial charge is 0.262 e. The lowest BCUT2D eigenvalue weighted by molar-refractivity contribution is -0.132. The quantitative estimate of drug-likeness (QED) is 0.475. The summed E-state index contributed by atoms with van der Waals surface area (Å²) >= 11 is 1.25. The van der Waals surface area contributed by atoms with E-state index in [0.29, 0.717) is 42.4 Å². The zero-order valence-corrected chi connectivity index (χ0v) is 16.5. The number of para-hydroxylation sites is 1. The highest BCUT2D eigenvalue weighted by Crippen LogP contribution is 2.20. The second-order valence-electron chi connectivity index (χ2n) is 6.71. The van der Waals surface area contributed by atoms with Gasteiger partial charge in [0.1, 0.15) is 5.82 Å². The van der Waals surface area contributed by atoms with Crippen molar-refractivity contribution in [2.75, 3.05) is 32.1 Å². The zero-order valence-electron chi connectivity index (χ0n) is 15.7. The van der Waals surface area contributed by atoms with E-state index in [1.807, 2.05) is 6.07 Å². The molecule has 0 bridgehead atoms. The molecule has 2 aromatic carbocycles. The van der Waals surface area contributed by atoms with Crippen molar-refractivity contribution in [1.29, 1.82) is 0 Å². The van der Waals surface area contributed by atoms with Gasteiger partial charge in [-0.3, -0.25) is 14.2 Å². The number of nitrogens with zero attached hydrogens (tertiary/aromatic N) is 3. The minimum absolute atomic E-state index is 0.00552. The van der Waals surface area contributed by atoms with E-state index in [1.165, 1.54) is 23.9 Å². The van der Waals surface area contributed by atoms with Gasteiger partial charge in [-0.1, -0.05) is 36.0 Å². The number of aromatic nitrogens is 2. The fourth-order valence-corrected chi connectivity index (χ4v) is 4.10. The molecule has 1 amide bonds. The van der Waals surface area contributed by atoms with Crippen molar-refractivity contribution >= 4 is 28.6 Å². The summed E-state index contributed by atoms with van der Waals surface area (Å²) in [5.41, 5.74) is 1.20. The van der Waals surface area contributed by atoms with Crippen LogP contribution in [0.4, 0.5) is 4.39 Å². The molecule has 3 aromatic rings. The Hall–Kier alpha value is -2.71. The van der Waals surface area contributed by atoms with Crippen LogP contribution in [0.15, 0.2) is 58.5 Å². The van der Waals surface area contributed by atoms with Crippen molar-refractivity contribution < 1.29 is 13.9 Å². The number of benzene rings is 2. The van der Waals surface area contributed by atoms with Gasteiger partial charge in [-0.2, -0.15) is 0 Å². The van der Waals surface area contributed by atoms with Gasteiger partial charge in [0.05, 0.1) is 36.4 Å². The highest BCUT2D eigenvalue weighted by molar-refractivity contribution is 7.99. The summed E-state index contributed by atoms with van der Waals surface area (Å²) in [6.45, 7) is 2.49. The van der Waals surface area contributed by atoms with Crippen molar-refractivity contribution in [2.24, 2.45) is 0 Å². The van der Waals surface area contributed by atoms with Crippen LogP contribution in [0.25, 0.3) is 10.9 Å². The first-order valence-corrected chi connectivity index (χ1v) is 10.3. The average molecular weight is 413 g/mol. The summed E-state index contributed by atoms with van der Waals surface area (Å²) < 4.78 is 20.1. The molecule has 0 unspecified atom stereocenters. The number of hydrogen-bond acceptors (Lipinski definition) is 5. The van der Waals surface area contributed by atoms with E-state index in [1.54, 1.807) is 39.8 Å². The van der Waals surface area contributed by atoms with Crippen molar-refractivity contribution in [2.45, 2.75) is 11.7 Å². The monoisotopic (exact) mass is 413 g/mol. The van der Waals surface area contributed by atoms with Gasteiger partial charge in [0, 0.05) is 13.1 Å². The third-order valence-corrected chi connectivity index (χ3v) is 5.73. The second kappa shape index (κ2) is 8.75. The topological polar surface area (TPSA) is 64.4 Å². The van der Waals surface area contributed by atoms with Crippen molar-refractivity contribution in [3.05, 3.63) is 70.3 Å². The summed E-state index contributed by atoms with van der Waals surface area (Å²) in [5, 5.41) is 0.984. The minimum atomic E-state index is -0.330. The van der Waals surface area contributed by atoms with Crippen LogP contribution in [0, 0.1) is 5.82 Å². The van der Waals surface area contributed by atoms with Gasteiger partial charge >= 0.3 is 0 Å². The molecule has 8 heteroatoms. The molecule has 1 fully saturated rings. The Labute approximate surface area is 171 Å². The van der Waals surface area contributed by atoms with Gasteiger partial charge in [-0.25, -0.2) is 9.37 Å². The standard InChI is InChI=1S/C21H20FN3O3S/c22-16-7-5-15(6-8-16)13-25-20(27)17-3-1-2-4-18(17)23-21(25)29-14-19(26)24-9-11-28-12-10-24/h1-8H,9-14H2. The van der Waals surface area contributed by atoms with Gasteiger partial charge in [0.2, 0.25) is 5.91 Å². The maximum Gasteiger partial charge on any atom is 0.262 e. The summed E-state index contributed by atoms with van der Waals surface area (Å²) in [6, 6.07) is 13.2. The van der Waals surface area contributed by atoms with Crippen LogP contribution < -0.4 is 5.56 Å². The Bertz CT molecular complexity index is 1080. The molecular formula is C21H20FN3O3S. The Balaban J connectivity index is 1.64. The molecule has 0 spiro atoms. The molecule has 6 nitrogen and oxygen atoms in total. The lowest BCUT2D eigenvalue weighted by atomic mass is 10.2. The Kier molecular flexibility index (Phi) is 5.92. The van der Waals surface area contributed by atoms with E-state index >= 15 is 0 Å². The molecule has 2 heterocycles. The Morgan fingerprint density at radius 1 is 1.10 bits per heavy atom. The SMILES string of the molecule is O=C(CSc1nc2ccccc2c(=O)n1Cc1ccc(F)cc1)N1CCOCC1. The number of halogens is 1. The average Bonchev–Trinajstić information content (AvgIpc) is 2.76. The maximum absolute atomic E-state index is 13.2. The molecule has 150 valence electrons. The first kappa shape index (κ1) is 19.6. The molecule has 0 radical (unpaired) electrons. The first-order chi connectivity index (χ1) is 14.1. The molecule has 0 N–H and O–H groups in total. The molecule has 0 saturated carbocycles. The third-order valence-electron chi connectivity index (χ3n) is 4.77. The number of rotatable bonds is 5. The van der Waals surface area contributed by atoms with Gasteiger partial charge in [-0.15, -0.1) is 0 Å². The number of ether oxygens (including phenoxy) is 1. The van der Waals surface area contributed by atoms with Crippen LogP contribution in [-0.4, -0.2) is 52.4 Å². The number of thioether (sulfide) groups is 1. The molecule has 0 aliphatic carbocycles. The number of fused-ring (bicyclic) bond motifs is 1. The van der Waals surface area contributed by atoms with Crippen molar-refractivity contribution in [1.82, 2.24) is 14.5 Å². The Morgan fingerprint density at radius 3 is 2.59 bits per heavy atom. The molecule has 1 aromatic heterocycles. The summed E-state index contributed by atoms with van der Waals surface area (Å²) in [4.78, 5) is 32.0. The van der Waals surface area contributed by atoms with E-state index in [0.717, 1.165) is 5.56 Å². The number of morpholine rings is 1. The molecule has 0 atom stereocenters. The van der Waals surface area contributed by atoms with E-state index in [9.17, 15) is 14.0 Å². The fraction of sp³-hybridized carbons (Fsp3) is 0.286. The lowest BCUT2D eigenvalue weighted by Crippen LogP contribution is -2.41. The van der Waals surface area contributed by atoms with Gasteiger partial charge in [0.15, 0.2) is 5.16 Å². The van der Waals surface area contributed by atoms with Gasteiger partial charge < -0.3 is 9.64 Å². The minimum Gasteiger partial charge on any atom is -0.378 e. The predicted molar refractivity (Wildman–Crippen MR) is 110 cm³/mol. The Morgan fingerprint density at radius 2 is 1.83 bits per heavy atom. The molecular weight excluding hydrogens is 393 g/mol. The first-order valence-electron chi connectivity index (χ1n) is 9.34. The number of amides is 1. The third kappa shape index (κ3) is 4.49. The van der Waals surface area contributed by atoms with Crippen LogP contribution in [0.3, 0.4) is 0 Å². The number of carbonyl (C=O) groups is 1. The van der Waals surface area contributed by atoms with Crippen LogP contribution in [0.5, 0.6) is 0 Å². The van der Waals surface area contributed by atoms with Crippen LogP contribution in [0.2, 0.25) is 0 Å². The van der Waals surface area contributed by atoms with Crippen LogP contribution in [-0.2, 0) is 16.1 Å². The molecule has 29 heavy (non-hydrogen) atoms. The largest absolute Gasteiger partial charge is 0.378 e. The summed E-state index contributed by atoms with van der Waals surface area (Å²) in [6.07, 6.45) is 0. The lowest BCUT2D eigenvalue weighted by Gasteiger charge is -2.26. The highest BCUT2D eigenvalue weighted by Gasteiger charge is 2.19. The fourth-order valence-electron chi connectivity index (χ4n) is 3.20. The van der Waals surface area contributed by atoms with E-state index < -0.39 is 0 Å².